The highest BCUT2D eigenvalue weighted by Gasteiger charge is 2.22. The highest BCUT2D eigenvalue weighted by atomic mass is 32.2. The summed E-state index contributed by atoms with van der Waals surface area (Å²) in [5.74, 6) is 0.270. The predicted molar refractivity (Wildman–Crippen MR) is 124 cm³/mol. The molecule has 1 unspecified atom stereocenters. The second-order valence-electron chi connectivity index (χ2n) is 7.50. The van der Waals surface area contributed by atoms with Crippen molar-refractivity contribution in [1.82, 2.24) is 14.8 Å². The number of ether oxygens (including phenoxy) is 1. The van der Waals surface area contributed by atoms with Crippen molar-refractivity contribution in [3.8, 4) is 11.4 Å². The van der Waals surface area contributed by atoms with Crippen LogP contribution in [0.15, 0.2) is 53.7 Å². The normalized spacial score (nSPS) is 15.2. The lowest BCUT2D eigenvalue weighted by Crippen LogP contribution is -2.18. The molecule has 1 aromatic heterocycles. The first kappa shape index (κ1) is 23.3. The number of hydrogen-bond donors (Lipinski definition) is 1. The van der Waals surface area contributed by atoms with Crippen molar-refractivity contribution in [3.05, 3.63) is 68.8 Å². The van der Waals surface area contributed by atoms with Gasteiger partial charge in [0.15, 0.2) is 11.0 Å². The van der Waals surface area contributed by atoms with Gasteiger partial charge < -0.3 is 10.1 Å². The second kappa shape index (κ2) is 10.4. The number of thioether (sulfide) groups is 1. The van der Waals surface area contributed by atoms with Crippen LogP contribution in [-0.4, -0.2) is 49.0 Å². The summed E-state index contributed by atoms with van der Waals surface area (Å²) >= 11 is 1.19. The number of nitro groups is 2. The Morgan fingerprint density at radius 1 is 1.06 bits per heavy atom. The molecule has 1 N–H and O–H groups in total. The van der Waals surface area contributed by atoms with Gasteiger partial charge in [0.05, 0.1) is 28.2 Å². The number of hydrogen-bond acceptors (Lipinski definition) is 9. The number of amides is 1. The molecule has 0 bridgehead atoms. The molecule has 0 aliphatic carbocycles. The highest BCUT2D eigenvalue weighted by molar-refractivity contribution is 7.99. The Kier molecular flexibility index (Phi) is 7.13. The summed E-state index contributed by atoms with van der Waals surface area (Å²) in [5, 5.41) is 33.4. The zero-order chi connectivity index (χ0) is 24.1. The van der Waals surface area contributed by atoms with Gasteiger partial charge in [0.25, 0.3) is 11.4 Å². The van der Waals surface area contributed by atoms with E-state index in [-0.39, 0.29) is 29.1 Å². The fourth-order valence-electron chi connectivity index (χ4n) is 3.49. The largest absolute Gasteiger partial charge is 0.376 e. The number of aromatic nitrogens is 3. The number of nitrogens with zero attached hydrogens (tertiary/aromatic N) is 5. The minimum atomic E-state index is -0.509. The summed E-state index contributed by atoms with van der Waals surface area (Å²) in [4.78, 5) is 33.2. The highest BCUT2D eigenvalue weighted by Crippen LogP contribution is 2.28. The van der Waals surface area contributed by atoms with E-state index in [1.807, 2.05) is 4.57 Å². The molecule has 1 fully saturated rings. The maximum atomic E-state index is 12.4. The van der Waals surface area contributed by atoms with Crippen LogP contribution in [-0.2, 0) is 16.1 Å². The maximum Gasteiger partial charge on any atom is 0.269 e. The van der Waals surface area contributed by atoms with Gasteiger partial charge in [-0.1, -0.05) is 11.8 Å². The molecule has 1 amide bonds. The molecule has 3 aromatic rings. The lowest BCUT2D eigenvalue weighted by molar-refractivity contribution is -0.385. The Balaban J connectivity index is 1.48. The molecule has 0 saturated carbocycles. The van der Waals surface area contributed by atoms with Crippen LogP contribution < -0.4 is 5.32 Å². The third-order valence-corrected chi connectivity index (χ3v) is 6.12. The summed E-state index contributed by atoms with van der Waals surface area (Å²) in [6, 6.07) is 11.6. The van der Waals surface area contributed by atoms with Gasteiger partial charge in [-0.3, -0.25) is 29.6 Å². The summed E-state index contributed by atoms with van der Waals surface area (Å²) in [6.45, 7) is 1.17. The summed E-state index contributed by atoms with van der Waals surface area (Å²) in [7, 11) is 0. The van der Waals surface area contributed by atoms with Gasteiger partial charge in [0, 0.05) is 42.1 Å². The first-order chi connectivity index (χ1) is 16.4. The Morgan fingerprint density at radius 3 is 2.29 bits per heavy atom. The van der Waals surface area contributed by atoms with Gasteiger partial charge in [-0.15, -0.1) is 10.2 Å². The minimum absolute atomic E-state index is 0.0129. The molecule has 0 spiro atoms. The lowest BCUT2D eigenvalue weighted by Gasteiger charge is -2.14. The summed E-state index contributed by atoms with van der Waals surface area (Å²) in [5.41, 5.74) is 1.03. The van der Waals surface area contributed by atoms with Gasteiger partial charge in [-0.05, 0) is 37.1 Å². The van der Waals surface area contributed by atoms with Crippen molar-refractivity contribution < 1.29 is 19.4 Å². The van der Waals surface area contributed by atoms with E-state index in [9.17, 15) is 25.0 Å². The van der Waals surface area contributed by atoms with Crippen LogP contribution >= 0.6 is 11.8 Å². The summed E-state index contributed by atoms with van der Waals surface area (Å²) < 4.78 is 7.61. The van der Waals surface area contributed by atoms with Gasteiger partial charge >= 0.3 is 0 Å². The molecule has 2 heterocycles. The van der Waals surface area contributed by atoms with Crippen LogP contribution in [0.1, 0.15) is 12.8 Å². The van der Waals surface area contributed by atoms with Gasteiger partial charge in [0.1, 0.15) is 0 Å². The van der Waals surface area contributed by atoms with Crippen LogP contribution in [0.3, 0.4) is 0 Å². The number of anilines is 1. The van der Waals surface area contributed by atoms with E-state index in [1.165, 1.54) is 48.2 Å². The number of benzene rings is 2. The minimum Gasteiger partial charge on any atom is -0.376 e. The lowest BCUT2D eigenvalue weighted by atomic mass is 10.2. The van der Waals surface area contributed by atoms with Crippen molar-refractivity contribution in [2.24, 2.45) is 0 Å². The average Bonchev–Trinajstić information content (AvgIpc) is 3.48. The Hall–Kier alpha value is -3.84. The first-order valence-corrected chi connectivity index (χ1v) is 11.4. The van der Waals surface area contributed by atoms with Crippen molar-refractivity contribution in [2.45, 2.75) is 30.6 Å². The zero-order valence-corrected chi connectivity index (χ0v) is 18.6. The van der Waals surface area contributed by atoms with Crippen LogP contribution in [0.4, 0.5) is 17.1 Å². The van der Waals surface area contributed by atoms with Gasteiger partial charge in [0.2, 0.25) is 5.91 Å². The SMILES string of the molecule is O=C(CSc1nnc(-c2ccc([N+](=O)[O-])cc2)n1CC1CCCO1)Nc1ccc([N+](=O)[O-])cc1. The Labute approximate surface area is 197 Å². The summed E-state index contributed by atoms with van der Waals surface area (Å²) in [6.07, 6.45) is 1.84. The number of non-ortho nitro benzene ring substituents is 2. The van der Waals surface area contributed by atoms with Crippen molar-refractivity contribution in [2.75, 3.05) is 17.7 Å². The Bertz CT molecular complexity index is 1190. The van der Waals surface area contributed by atoms with Crippen molar-refractivity contribution in [3.63, 3.8) is 0 Å². The van der Waals surface area contributed by atoms with E-state index in [4.69, 9.17) is 4.74 Å². The van der Waals surface area contributed by atoms with Crippen molar-refractivity contribution in [1.29, 1.82) is 0 Å². The smallest absolute Gasteiger partial charge is 0.269 e. The van der Waals surface area contributed by atoms with Crippen LogP contribution in [0.2, 0.25) is 0 Å². The quantitative estimate of drug-likeness (QED) is 0.272. The molecule has 0 radical (unpaired) electrons. The fraction of sp³-hybridized carbons (Fsp3) is 0.286. The molecule has 2 aromatic carbocycles. The topological polar surface area (TPSA) is 155 Å². The molecule has 176 valence electrons. The molecule has 1 aliphatic heterocycles. The molecule has 12 nitrogen and oxygen atoms in total. The molecule has 34 heavy (non-hydrogen) atoms. The van der Waals surface area contributed by atoms with Gasteiger partial charge in [-0.25, -0.2) is 0 Å². The Morgan fingerprint density at radius 2 is 1.71 bits per heavy atom. The number of nitro benzene ring substituents is 2. The van der Waals surface area contributed by atoms with Crippen LogP contribution in [0.25, 0.3) is 11.4 Å². The molecule has 4 rings (SSSR count). The predicted octanol–water partition coefficient (Wildman–Crippen LogP) is 3.67. The fourth-order valence-corrected chi connectivity index (χ4v) is 4.24. The zero-order valence-electron chi connectivity index (χ0n) is 17.8. The van der Waals surface area contributed by atoms with E-state index >= 15 is 0 Å². The average molecular weight is 484 g/mol. The molecule has 1 saturated heterocycles. The van der Waals surface area contributed by atoms with E-state index in [2.05, 4.69) is 15.5 Å². The van der Waals surface area contributed by atoms with E-state index in [0.717, 1.165) is 12.8 Å². The molecular formula is C21H20N6O6S. The number of rotatable bonds is 9. The molecular weight excluding hydrogens is 464 g/mol. The van der Waals surface area contributed by atoms with E-state index < -0.39 is 9.85 Å². The molecule has 1 atom stereocenters. The van der Waals surface area contributed by atoms with Gasteiger partial charge in [-0.2, -0.15) is 0 Å². The van der Waals surface area contributed by atoms with Crippen LogP contribution in [0.5, 0.6) is 0 Å². The van der Waals surface area contributed by atoms with E-state index in [1.54, 1.807) is 12.1 Å². The second-order valence-corrected chi connectivity index (χ2v) is 8.44. The maximum absolute atomic E-state index is 12.4. The van der Waals surface area contributed by atoms with Crippen molar-refractivity contribution >= 4 is 34.7 Å². The number of carbonyl (C=O) groups excluding carboxylic acids is 1. The van der Waals surface area contributed by atoms with E-state index in [0.29, 0.717) is 35.4 Å². The molecule has 1 aliphatic rings. The molecule has 13 heteroatoms. The van der Waals surface area contributed by atoms with Crippen LogP contribution in [0, 0.1) is 20.2 Å². The number of nitrogens with one attached hydrogen (secondary N) is 1. The standard InChI is InChI=1S/C21H20N6O6S/c28-19(22-15-5-9-17(10-6-15)27(31)32)13-34-21-24-23-20(25(21)12-18-2-1-11-33-18)14-3-7-16(8-4-14)26(29)30/h3-10,18H,1-2,11-13H2,(H,22,28). The first-order valence-electron chi connectivity index (χ1n) is 10.4. The third kappa shape index (κ3) is 5.55. The number of carbonyl (C=O) groups is 1. The third-order valence-electron chi connectivity index (χ3n) is 5.16. The monoisotopic (exact) mass is 484 g/mol.